The quantitative estimate of drug-likeness (QED) is 0.778. The van der Waals surface area contributed by atoms with Crippen molar-refractivity contribution in [1.82, 2.24) is 0 Å². The lowest BCUT2D eigenvalue weighted by Crippen LogP contribution is -2.38. The standard InChI is InChI=1S/C16H29NO2/c1-11(17)6-5-7-14(18)19-13-10-12-8-9-16(13,4)15(12,2)3/h11-13H,5-10,17H2,1-4H3. The molecule has 110 valence electrons. The number of hydrogen-bond acceptors (Lipinski definition) is 3. The molecule has 19 heavy (non-hydrogen) atoms. The highest BCUT2D eigenvalue weighted by molar-refractivity contribution is 5.69. The van der Waals surface area contributed by atoms with E-state index in [1.807, 2.05) is 6.92 Å². The van der Waals surface area contributed by atoms with Crippen LogP contribution in [0.1, 0.15) is 66.2 Å². The number of fused-ring (bicyclic) bond motifs is 2. The van der Waals surface area contributed by atoms with Crippen LogP contribution >= 0.6 is 0 Å². The number of nitrogens with two attached hydrogens (primary N) is 1. The summed E-state index contributed by atoms with van der Waals surface area (Å²) < 4.78 is 5.79. The fourth-order valence-corrected chi connectivity index (χ4v) is 4.09. The summed E-state index contributed by atoms with van der Waals surface area (Å²) in [6.45, 7) is 8.97. The topological polar surface area (TPSA) is 52.3 Å². The molecule has 0 aliphatic heterocycles. The van der Waals surface area contributed by atoms with Crippen molar-refractivity contribution in [2.75, 3.05) is 0 Å². The molecule has 4 unspecified atom stereocenters. The number of carbonyl (C=O) groups excluding carboxylic acids is 1. The summed E-state index contributed by atoms with van der Waals surface area (Å²) in [5.41, 5.74) is 6.18. The maximum absolute atomic E-state index is 11.9. The first kappa shape index (κ1) is 14.8. The van der Waals surface area contributed by atoms with Crippen molar-refractivity contribution >= 4 is 5.97 Å². The maximum Gasteiger partial charge on any atom is 0.306 e. The second-order valence-electron chi connectivity index (χ2n) is 7.46. The smallest absolute Gasteiger partial charge is 0.306 e. The molecule has 2 fully saturated rings. The Morgan fingerprint density at radius 3 is 2.58 bits per heavy atom. The molecule has 0 heterocycles. The lowest BCUT2D eigenvalue weighted by atomic mass is 9.70. The molecule has 0 aromatic heterocycles. The van der Waals surface area contributed by atoms with Crippen LogP contribution in [0.15, 0.2) is 0 Å². The second kappa shape index (κ2) is 5.08. The maximum atomic E-state index is 11.9. The first-order chi connectivity index (χ1) is 8.77. The molecule has 4 atom stereocenters. The van der Waals surface area contributed by atoms with E-state index >= 15 is 0 Å². The van der Waals surface area contributed by atoms with Gasteiger partial charge >= 0.3 is 5.97 Å². The Morgan fingerprint density at radius 1 is 1.42 bits per heavy atom. The van der Waals surface area contributed by atoms with Crippen molar-refractivity contribution in [3.8, 4) is 0 Å². The minimum Gasteiger partial charge on any atom is -0.462 e. The Hall–Kier alpha value is -0.570. The van der Waals surface area contributed by atoms with E-state index < -0.39 is 0 Å². The monoisotopic (exact) mass is 267 g/mol. The third-order valence-corrected chi connectivity index (χ3v) is 6.03. The molecule has 2 rings (SSSR count). The van der Waals surface area contributed by atoms with Crippen LogP contribution in [0.25, 0.3) is 0 Å². The second-order valence-corrected chi connectivity index (χ2v) is 7.46. The van der Waals surface area contributed by atoms with Gasteiger partial charge in [-0.3, -0.25) is 4.79 Å². The van der Waals surface area contributed by atoms with Crippen molar-refractivity contribution in [2.45, 2.75) is 78.4 Å². The van der Waals surface area contributed by atoms with Gasteiger partial charge in [0.2, 0.25) is 0 Å². The highest BCUT2D eigenvalue weighted by Gasteiger charge is 2.62. The van der Waals surface area contributed by atoms with Crippen molar-refractivity contribution in [3.63, 3.8) is 0 Å². The zero-order valence-corrected chi connectivity index (χ0v) is 12.9. The normalized spacial score (nSPS) is 37.3. The van der Waals surface area contributed by atoms with Crippen LogP contribution in [0.3, 0.4) is 0 Å². The molecule has 2 saturated carbocycles. The van der Waals surface area contributed by atoms with Crippen LogP contribution in [-0.2, 0) is 9.53 Å². The number of rotatable bonds is 5. The van der Waals surface area contributed by atoms with Crippen LogP contribution in [0.5, 0.6) is 0 Å². The third kappa shape index (κ3) is 2.54. The largest absolute Gasteiger partial charge is 0.462 e. The van der Waals surface area contributed by atoms with Gasteiger partial charge in [0.15, 0.2) is 0 Å². The van der Waals surface area contributed by atoms with Crippen molar-refractivity contribution in [2.24, 2.45) is 22.5 Å². The van der Waals surface area contributed by atoms with Crippen molar-refractivity contribution in [3.05, 3.63) is 0 Å². The fourth-order valence-electron chi connectivity index (χ4n) is 4.09. The van der Waals surface area contributed by atoms with E-state index in [0.717, 1.165) is 25.2 Å². The fraction of sp³-hybridized carbons (Fsp3) is 0.938. The molecule has 3 nitrogen and oxygen atoms in total. The predicted molar refractivity (Wildman–Crippen MR) is 76.6 cm³/mol. The Balaban J connectivity index is 1.86. The summed E-state index contributed by atoms with van der Waals surface area (Å²) in [5, 5.41) is 0. The summed E-state index contributed by atoms with van der Waals surface area (Å²) in [7, 11) is 0. The van der Waals surface area contributed by atoms with Gasteiger partial charge < -0.3 is 10.5 Å². The van der Waals surface area contributed by atoms with Gasteiger partial charge in [-0.15, -0.1) is 0 Å². The Morgan fingerprint density at radius 2 is 2.11 bits per heavy atom. The van der Waals surface area contributed by atoms with E-state index in [9.17, 15) is 4.79 Å². The minimum absolute atomic E-state index is 0.0322. The van der Waals surface area contributed by atoms with Crippen LogP contribution in [0.4, 0.5) is 0 Å². The van der Waals surface area contributed by atoms with E-state index in [0.29, 0.717) is 11.8 Å². The van der Waals surface area contributed by atoms with Gasteiger partial charge in [0.1, 0.15) is 6.10 Å². The van der Waals surface area contributed by atoms with E-state index in [1.165, 1.54) is 12.8 Å². The number of esters is 1. The third-order valence-electron chi connectivity index (χ3n) is 6.03. The SMILES string of the molecule is CC(N)CCCC(=O)OC1CC2CCC1(C)C2(C)C. The average Bonchev–Trinajstić information content (AvgIpc) is 2.61. The van der Waals surface area contributed by atoms with Gasteiger partial charge in [-0.05, 0) is 50.4 Å². The minimum atomic E-state index is -0.0322. The number of carbonyl (C=O) groups is 1. The first-order valence-corrected chi connectivity index (χ1v) is 7.72. The van der Waals surface area contributed by atoms with Crippen molar-refractivity contribution in [1.29, 1.82) is 0 Å². The van der Waals surface area contributed by atoms with E-state index in [4.69, 9.17) is 10.5 Å². The molecule has 0 aromatic carbocycles. The predicted octanol–water partition coefficient (Wildman–Crippen LogP) is 3.26. The van der Waals surface area contributed by atoms with Gasteiger partial charge in [0.05, 0.1) is 0 Å². The van der Waals surface area contributed by atoms with Gasteiger partial charge in [-0.1, -0.05) is 20.8 Å². The molecule has 2 aliphatic carbocycles. The Bertz CT molecular complexity index is 351. The van der Waals surface area contributed by atoms with Gasteiger partial charge in [0.25, 0.3) is 0 Å². The molecular formula is C16H29NO2. The zero-order valence-electron chi connectivity index (χ0n) is 12.9. The molecule has 3 heteroatoms. The van der Waals surface area contributed by atoms with Crippen molar-refractivity contribution < 1.29 is 9.53 Å². The molecular weight excluding hydrogens is 238 g/mol. The van der Waals surface area contributed by atoms with Gasteiger partial charge in [-0.2, -0.15) is 0 Å². The Labute approximate surface area is 117 Å². The molecule has 0 saturated heterocycles. The average molecular weight is 267 g/mol. The summed E-state index contributed by atoms with van der Waals surface area (Å²) in [6.07, 6.45) is 5.92. The van der Waals surface area contributed by atoms with Crippen LogP contribution < -0.4 is 5.73 Å². The lowest BCUT2D eigenvalue weighted by Gasteiger charge is -2.38. The summed E-state index contributed by atoms with van der Waals surface area (Å²) in [5.74, 6) is 0.689. The van der Waals surface area contributed by atoms with Gasteiger partial charge in [-0.25, -0.2) is 0 Å². The lowest BCUT2D eigenvalue weighted by molar-refractivity contribution is -0.157. The molecule has 0 aromatic rings. The van der Waals surface area contributed by atoms with E-state index in [-0.39, 0.29) is 23.5 Å². The summed E-state index contributed by atoms with van der Waals surface area (Å²) in [6, 6.07) is 0.173. The molecule has 0 radical (unpaired) electrons. The zero-order chi connectivity index (χ0) is 14.3. The Kier molecular flexibility index (Phi) is 3.97. The molecule has 2 bridgehead atoms. The van der Waals surface area contributed by atoms with Crippen LogP contribution in [-0.4, -0.2) is 18.1 Å². The van der Waals surface area contributed by atoms with E-state index in [2.05, 4.69) is 20.8 Å². The molecule has 2 aliphatic rings. The highest BCUT2D eigenvalue weighted by atomic mass is 16.5. The van der Waals surface area contributed by atoms with Gasteiger partial charge in [0, 0.05) is 17.9 Å². The number of hydrogen-bond donors (Lipinski definition) is 1. The number of ether oxygens (including phenoxy) is 1. The van der Waals surface area contributed by atoms with Crippen LogP contribution in [0.2, 0.25) is 0 Å². The summed E-state index contributed by atoms with van der Waals surface area (Å²) in [4.78, 5) is 11.9. The highest BCUT2D eigenvalue weighted by Crippen LogP contribution is 2.66. The first-order valence-electron chi connectivity index (χ1n) is 7.72. The molecule has 0 spiro atoms. The van der Waals surface area contributed by atoms with E-state index in [1.54, 1.807) is 0 Å². The molecule has 2 N–H and O–H groups in total. The summed E-state index contributed by atoms with van der Waals surface area (Å²) >= 11 is 0. The van der Waals surface area contributed by atoms with Crippen LogP contribution in [0, 0.1) is 16.7 Å². The molecule has 0 amide bonds.